The number of ether oxygens (including phenoxy) is 2. The molecule has 0 aliphatic rings. The third-order valence-corrected chi connectivity index (χ3v) is 3.71. The first-order valence-electron chi connectivity index (χ1n) is 8.54. The predicted molar refractivity (Wildman–Crippen MR) is 106 cm³/mol. The molecular weight excluding hydrogens is 360 g/mol. The van der Waals surface area contributed by atoms with Crippen LogP contribution in [0.4, 0.5) is 16.2 Å². The van der Waals surface area contributed by atoms with Crippen LogP contribution in [0.1, 0.15) is 22.8 Å². The summed E-state index contributed by atoms with van der Waals surface area (Å²) in [5.74, 6) is -0.903. The van der Waals surface area contributed by atoms with E-state index in [1.165, 1.54) is 37.1 Å². The zero-order valence-electron chi connectivity index (χ0n) is 15.8. The Balaban J connectivity index is 2.31. The van der Waals surface area contributed by atoms with Crippen LogP contribution in [-0.2, 0) is 20.9 Å². The van der Waals surface area contributed by atoms with Crippen molar-refractivity contribution in [3.8, 4) is 0 Å². The van der Waals surface area contributed by atoms with Crippen LogP contribution >= 0.6 is 0 Å². The first-order valence-corrected chi connectivity index (χ1v) is 8.54. The number of methoxy groups -OCH3 is 1. The van der Waals surface area contributed by atoms with Gasteiger partial charge >= 0.3 is 12.1 Å². The average molecular weight is 382 g/mol. The van der Waals surface area contributed by atoms with Gasteiger partial charge in [0.25, 0.3) is 0 Å². The number of nitrogens with zero attached hydrogens (tertiary/aromatic N) is 1. The Bertz CT molecular complexity index is 864. The minimum Gasteiger partial charge on any atom is -0.465 e. The summed E-state index contributed by atoms with van der Waals surface area (Å²) in [6.07, 6.45) is 0.923. The second kappa shape index (κ2) is 9.91. The van der Waals surface area contributed by atoms with E-state index in [0.29, 0.717) is 11.4 Å². The molecule has 2 aromatic carbocycles. The monoisotopic (exact) mass is 382 g/mol. The molecule has 2 amide bonds. The maximum Gasteiger partial charge on any atom is 0.414 e. The van der Waals surface area contributed by atoms with Gasteiger partial charge in [-0.25, -0.2) is 9.59 Å². The topological polar surface area (TPSA) is 84.9 Å². The fourth-order valence-corrected chi connectivity index (χ4v) is 2.49. The number of nitrogens with one attached hydrogen (secondary N) is 1. The first-order chi connectivity index (χ1) is 13.4. The lowest BCUT2D eigenvalue weighted by Crippen LogP contribution is -2.32. The molecule has 0 radical (unpaired) electrons. The number of amides is 2. The van der Waals surface area contributed by atoms with Crippen LogP contribution in [0.15, 0.2) is 61.2 Å². The van der Waals surface area contributed by atoms with Crippen molar-refractivity contribution in [3.63, 3.8) is 0 Å². The SMILES string of the molecule is C=CCN(C(=O)OCc1ccccc1)c1cc(NC(C)=O)cc(C(=O)OC)c1. The van der Waals surface area contributed by atoms with Crippen LogP contribution in [0.3, 0.4) is 0 Å². The molecule has 0 fully saturated rings. The molecule has 0 atom stereocenters. The van der Waals surface area contributed by atoms with Gasteiger partial charge in [-0.15, -0.1) is 6.58 Å². The molecule has 7 nitrogen and oxygen atoms in total. The number of hydrogen-bond acceptors (Lipinski definition) is 5. The largest absolute Gasteiger partial charge is 0.465 e. The van der Waals surface area contributed by atoms with Gasteiger partial charge in [-0.05, 0) is 23.8 Å². The summed E-state index contributed by atoms with van der Waals surface area (Å²) in [6.45, 7) is 5.26. The van der Waals surface area contributed by atoms with Gasteiger partial charge in [-0.3, -0.25) is 9.69 Å². The number of carbonyl (C=O) groups is 3. The van der Waals surface area contributed by atoms with Crippen molar-refractivity contribution < 1.29 is 23.9 Å². The maximum atomic E-state index is 12.6. The van der Waals surface area contributed by atoms with E-state index >= 15 is 0 Å². The first kappa shape index (κ1) is 20.7. The van der Waals surface area contributed by atoms with Crippen molar-refractivity contribution in [3.05, 3.63) is 72.3 Å². The molecule has 0 saturated heterocycles. The summed E-state index contributed by atoms with van der Waals surface area (Å²) in [7, 11) is 1.25. The van der Waals surface area contributed by atoms with Crippen molar-refractivity contribution >= 4 is 29.3 Å². The summed E-state index contributed by atoms with van der Waals surface area (Å²) in [5.41, 5.74) is 1.75. The fraction of sp³-hybridized carbons (Fsp3) is 0.190. The highest BCUT2D eigenvalue weighted by atomic mass is 16.6. The van der Waals surface area contributed by atoms with Gasteiger partial charge in [-0.1, -0.05) is 36.4 Å². The number of benzene rings is 2. The Morgan fingerprint density at radius 2 is 1.86 bits per heavy atom. The highest BCUT2D eigenvalue weighted by molar-refractivity contribution is 5.97. The van der Waals surface area contributed by atoms with Crippen molar-refractivity contribution in [2.75, 3.05) is 23.9 Å². The van der Waals surface area contributed by atoms with E-state index < -0.39 is 12.1 Å². The van der Waals surface area contributed by atoms with E-state index in [-0.39, 0.29) is 24.6 Å². The van der Waals surface area contributed by atoms with Crippen LogP contribution in [-0.4, -0.2) is 31.6 Å². The Morgan fingerprint density at radius 3 is 2.46 bits per heavy atom. The lowest BCUT2D eigenvalue weighted by atomic mass is 10.1. The van der Waals surface area contributed by atoms with Crippen LogP contribution < -0.4 is 10.2 Å². The minimum absolute atomic E-state index is 0.0998. The molecule has 0 aromatic heterocycles. The lowest BCUT2D eigenvalue weighted by molar-refractivity contribution is -0.114. The molecule has 7 heteroatoms. The zero-order chi connectivity index (χ0) is 20.5. The smallest absolute Gasteiger partial charge is 0.414 e. The molecule has 1 N–H and O–H groups in total. The number of anilines is 2. The molecule has 0 heterocycles. The second-order valence-corrected chi connectivity index (χ2v) is 5.88. The lowest BCUT2D eigenvalue weighted by Gasteiger charge is -2.22. The summed E-state index contributed by atoms with van der Waals surface area (Å²) in [5, 5.41) is 2.61. The van der Waals surface area contributed by atoms with Crippen molar-refractivity contribution in [1.29, 1.82) is 0 Å². The molecule has 0 spiro atoms. The fourth-order valence-electron chi connectivity index (χ4n) is 2.49. The maximum absolute atomic E-state index is 12.6. The number of esters is 1. The Labute approximate surface area is 163 Å². The third-order valence-electron chi connectivity index (χ3n) is 3.71. The molecule has 0 aliphatic carbocycles. The van der Waals surface area contributed by atoms with E-state index in [2.05, 4.69) is 11.9 Å². The number of rotatable bonds is 7. The van der Waals surface area contributed by atoms with Crippen LogP contribution in [0, 0.1) is 0 Å². The van der Waals surface area contributed by atoms with Gasteiger partial charge in [0.1, 0.15) is 6.61 Å². The van der Waals surface area contributed by atoms with E-state index in [9.17, 15) is 14.4 Å². The normalized spacial score (nSPS) is 9.93. The quantitative estimate of drug-likeness (QED) is 0.582. The summed E-state index contributed by atoms with van der Waals surface area (Å²) in [4.78, 5) is 37.3. The second-order valence-electron chi connectivity index (χ2n) is 5.88. The van der Waals surface area contributed by atoms with Crippen molar-refractivity contribution in [2.45, 2.75) is 13.5 Å². The van der Waals surface area contributed by atoms with Gasteiger partial charge in [0.15, 0.2) is 0 Å². The predicted octanol–water partition coefficient (Wildman–Crippen LogP) is 3.76. The van der Waals surface area contributed by atoms with E-state index in [4.69, 9.17) is 9.47 Å². The Kier molecular flexibility index (Phi) is 7.33. The van der Waals surface area contributed by atoms with Crippen molar-refractivity contribution in [2.24, 2.45) is 0 Å². The highest BCUT2D eigenvalue weighted by Crippen LogP contribution is 2.24. The highest BCUT2D eigenvalue weighted by Gasteiger charge is 2.19. The zero-order valence-corrected chi connectivity index (χ0v) is 15.8. The Morgan fingerprint density at radius 1 is 1.14 bits per heavy atom. The summed E-state index contributed by atoms with van der Waals surface area (Å²) in [6, 6.07) is 13.8. The van der Waals surface area contributed by atoms with E-state index in [1.807, 2.05) is 30.3 Å². The standard InChI is InChI=1S/C21H22N2O5/c1-4-10-23(21(26)28-14-16-8-6-5-7-9-16)19-12-17(20(25)27-3)11-18(13-19)22-15(2)24/h4-9,11-13H,1,10,14H2,2-3H3,(H,22,24). The van der Waals surface area contributed by atoms with Gasteiger partial charge in [0.2, 0.25) is 5.91 Å². The average Bonchev–Trinajstić information content (AvgIpc) is 2.69. The van der Waals surface area contributed by atoms with Crippen LogP contribution in [0.5, 0.6) is 0 Å². The molecule has 0 unspecified atom stereocenters. The van der Waals surface area contributed by atoms with Crippen LogP contribution in [0.2, 0.25) is 0 Å². The van der Waals surface area contributed by atoms with Gasteiger partial charge in [0.05, 0.1) is 18.4 Å². The van der Waals surface area contributed by atoms with E-state index in [1.54, 1.807) is 6.07 Å². The number of hydrogen-bond donors (Lipinski definition) is 1. The molecule has 2 rings (SSSR count). The summed E-state index contributed by atoms with van der Waals surface area (Å²) < 4.78 is 10.1. The molecule has 28 heavy (non-hydrogen) atoms. The molecule has 0 saturated carbocycles. The molecular formula is C21H22N2O5. The molecule has 0 bridgehead atoms. The number of carbonyl (C=O) groups excluding carboxylic acids is 3. The van der Waals surface area contributed by atoms with E-state index in [0.717, 1.165) is 5.56 Å². The van der Waals surface area contributed by atoms with Crippen LogP contribution in [0.25, 0.3) is 0 Å². The van der Waals surface area contributed by atoms with Gasteiger partial charge in [0, 0.05) is 19.2 Å². The minimum atomic E-state index is -0.612. The van der Waals surface area contributed by atoms with Gasteiger partial charge in [-0.2, -0.15) is 0 Å². The summed E-state index contributed by atoms with van der Waals surface area (Å²) >= 11 is 0. The van der Waals surface area contributed by atoms with Gasteiger partial charge < -0.3 is 14.8 Å². The molecule has 146 valence electrons. The molecule has 0 aliphatic heterocycles. The Hall–Kier alpha value is -3.61. The van der Waals surface area contributed by atoms with Crippen molar-refractivity contribution in [1.82, 2.24) is 0 Å². The molecule has 2 aromatic rings. The third kappa shape index (κ3) is 5.70.